The maximum absolute atomic E-state index is 13.0. The monoisotopic (exact) mass is 438 g/mol. The van der Waals surface area contributed by atoms with E-state index >= 15 is 0 Å². The molecule has 28 heavy (non-hydrogen) atoms. The molecule has 1 saturated heterocycles. The second-order valence-electron chi connectivity index (χ2n) is 6.70. The van der Waals surface area contributed by atoms with Crippen LogP contribution in [0.3, 0.4) is 0 Å². The summed E-state index contributed by atoms with van der Waals surface area (Å²) in [5, 5.41) is 0. The van der Waals surface area contributed by atoms with E-state index in [4.69, 9.17) is 11.6 Å². The number of amides is 1. The molecule has 0 spiro atoms. The number of piperidine rings is 1. The molecule has 1 aromatic heterocycles. The Labute approximate surface area is 175 Å². The molecule has 1 fully saturated rings. The molecule has 2 aromatic rings. The van der Waals surface area contributed by atoms with Gasteiger partial charge in [-0.05, 0) is 37.1 Å². The molecule has 0 aliphatic carbocycles. The maximum atomic E-state index is 13.0. The van der Waals surface area contributed by atoms with E-state index in [-0.39, 0.29) is 11.8 Å². The molecule has 1 aromatic carbocycles. The standard InChI is InChI=1S/C20H23ClN2O3S2/c1-2-12-22(15-17-8-9-19(21)27-17)20(24)16-10-13-23(14-11-16)28(25,26)18-6-4-3-5-7-18/h2-9,16H,1,10-15H2. The van der Waals surface area contributed by atoms with E-state index in [1.807, 2.05) is 12.1 Å². The molecule has 1 aliphatic rings. The van der Waals surface area contributed by atoms with E-state index in [2.05, 4.69) is 6.58 Å². The number of nitrogens with zero attached hydrogens (tertiary/aromatic N) is 2. The van der Waals surface area contributed by atoms with Crippen molar-refractivity contribution in [2.45, 2.75) is 24.3 Å². The second kappa shape index (κ2) is 9.22. The Morgan fingerprint density at radius 3 is 2.46 bits per heavy atom. The summed E-state index contributed by atoms with van der Waals surface area (Å²) in [7, 11) is -3.51. The van der Waals surface area contributed by atoms with Crippen LogP contribution in [0.4, 0.5) is 0 Å². The summed E-state index contributed by atoms with van der Waals surface area (Å²) in [5.41, 5.74) is 0. The van der Waals surface area contributed by atoms with Crippen LogP contribution in [0.15, 0.2) is 60.0 Å². The highest BCUT2D eigenvalue weighted by molar-refractivity contribution is 7.89. The van der Waals surface area contributed by atoms with Crippen molar-refractivity contribution in [3.05, 3.63) is 64.3 Å². The minimum Gasteiger partial charge on any atom is -0.334 e. The van der Waals surface area contributed by atoms with E-state index in [0.717, 1.165) is 4.88 Å². The normalized spacial score (nSPS) is 16.0. The first-order valence-corrected chi connectivity index (χ1v) is 11.7. The van der Waals surface area contributed by atoms with Crippen LogP contribution < -0.4 is 0 Å². The van der Waals surface area contributed by atoms with Crippen molar-refractivity contribution >= 4 is 38.9 Å². The fourth-order valence-corrected chi connectivity index (χ4v) is 5.95. The van der Waals surface area contributed by atoms with Gasteiger partial charge < -0.3 is 4.90 Å². The van der Waals surface area contributed by atoms with Gasteiger partial charge in [-0.15, -0.1) is 17.9 Å². The van der Waals surface area contributed by atoms with Gasteiger partial charge >= 0.3 is 0 Å². The molecular weight excluding hydrogens is 416 g/mol. The Morgan fingerprint density at radius 2 is 1.89 bits per heavy atom. The molecule has 0 atom stereocenters. The molecule has 8 heteroatoms. The quantitative estimate of drug-likeness (QED) is 0.613. The van der Waals surface area contributed by atoms with Crippen molar-refractivity contribution in [1.29, 1.82) is 0 Å². The van der Waals surface area contributed by atoms with E-state index in [1.54, 1.807) is 41.3 Å². The van der Waals surface area contributed by atoms with Gasteiger partial charge in [0.1, 0.15) is 0 Å². The average Bonchev–Trinajstić information content (AvgIpc) is 3.12. The van der Waals surface area contributed by atoms with Crippen LogP contribution in [0.25, 0.3) is 0 Å². The largest absolute Gasteiger partial charge is 0.334 e. The van der Waals surface area contributed by atoms with E-state index in [1.165, 1.54) is 15.6 Å². The first kappa shape index (κ1) is 21.0. The minimum absolute atomic E-state index is 0.0428. The number of halogens is 1. The highest BCUT2D eigenvalue weighted by Gasteiger charge is 2.33. The summed E-state index contributed by atoms with van der Waals surface area (Å²) >= 11 is 7.45. The third kappa shape index (κ3) is 4.84. The van der Waals surface area contributed by atoms with Crippen molar-refractivity contribution in [2.24, 2.45) is 5.92 Å². The lowest BCUT2D eigenvalue weighted by molar-refractivity contribution is -0.136. The molecule has 0 unspecified atom stereocenters. The Balaban J connectivity index is 1.64. The zero-order valence-corrected chi connectivity index (χ0v) is 17.8. The molecular formula is C20H23ClN2O3S2. The third-order valence-corrected chi connectivity index (χ3v) is 7.95. The molecule has 0 saturated carbocycles. The first-order chi connectivity index (χ1) is 13.4. The number of carbonyl (C=O) groups excluding carboxylic acids is 1. The highest BCUT2D eigenvalue weighted by atomic mass is 35.5. The lowest BCUT2D eigenvalue weighted by atomic mass is 9.96. The molecule has 0 bridgehead atoms. The topological polar surface area (TPSA) is 57.7 Å². The zero-order valence-electron chi connectivity index (χ0n) is 15.5. The number of rotatable bonds is 7. The number of hydrogen-bond donors (Lipinski definition) is 0. The summed E-state index contributed by atoms with van der Waals surface area (Å²) in [6.45, 7) is 5.39. The van der Waals surface area contributed by atoms with Gasteiger partial charge in [0, 0.05) is 30.4 Å². The lowest BCUT2D eigenvalue weighted by Gasteiger charge is -2.33. The molecule has 5 nitrogen and oxygen atoms in total. The number of sulfonamides is 1. The van der Waals surface area contributed by atoms with Crippen LogP contribution in [0.5, 0.6) is 0 Å². The second-order valence-corrected chi connectivity index (χ2v) is 10.4. The Kier molecular flexibility index (Phi) is 6.93. The SMILES string of the molecule is C=CCN(Cc1ccc(Cl)s1)C(=O)C1CCN(S(=O)(=O)c2ccccc2)CC1. The van der Waals surface area contributed by atoms with Crippen molar-refractivity contribution in [1.82, 2.24) is 9.21 Å². The smallest absolute Gasteiger partial charge is 0.243 e. The van der Waals surface area contributed by atoms with Crippen LogP contribution in [0.1, 0.15) is 17.7 Å². The minimum atomic E-state index is -3.51. The van der Waals surface area contributed by atoms with Crippen LogP contribution >= 0.6 is 22.9 Å². The fourth-order valence-electron chi connectivity index (χ4n) is 3.36. The predicted octanol–water partition coefficient (Wildman–Crippen LogP) is 4.02. The van der Waals surface area contributed by atoms with Gasteiger partial charge in [0.05, 0.1) is 15.8 Å². The van der Waals surface area contributed by atoms with Crippen molar-refractivity contribution < 1.29 is 13.2 Å². The summed E-state index contributed by atoms with van der Waals surface area (Å²) < 4.78 is 27.7. The lowest BCUT2D eigenvalue weighted by Crippen LogP contribution is -2.44. The summed E-state index contributed by atoms with van der Waals surface area (Å²) in [4.78, 5) is 16.1. The van der Waals surface area contributed by atoms with Crippen molar-refractivity contribution in [2.75, 3.05) is 19.6 Å². The van der Waals surface area contributed by atoms with Gasteiger partial charge in [0.25, 0.3) is 0 Å². The first-order valence-electron chi connectivity index (χ1n) is 9.11. The predicted molar refractivity (Wildman–Crippen MR) is 113 cm³/mol. The van der Waals surface area contributed by atoms with Gasteiger partial charge in [-0.3, -0.25) is 4.79 Å². The zero-order chi connectivity index (χ0) is 20.1. The number of hydrogen-bond acceptors (Lipinski definition) is 4. The Hall–Kier alpha value is -1.67. The van der Waals surface area contributed by atoms with Gasteiger partial charge in [-0.25, -0.2) is 8.42 Å². The van der Waals surface area contributed by atoms with Gasteiger partial charge in [0.2, 0.25) is 15.9 Å². The molecule has 3 rings (SSSR count). The molecule has 1 amide bonds. The van der Waals surface area contributed by atoms with E-state index < -0.39 is 10.0 Å². The van der Waals surface area contributed by atoms with Crippen LogP contribution in [0.2, 0.25) is 4.34 Å². The van der Waals surface area contributed by atoms with Crippen LogP contribution in [-0.2, 0) is 21.4 Å². The van der Waals surface area contributed by atoms with E-state index in [9.17, 15) is 13.2 Å². The molecule has 2 heterocycles. The maximum Gasteiger partial charge on any atom is 0.243 e. The number of carbonyl (C=O) groups is 1. The molecule has 150 valence electrons. The Morgan fingerprint density at radius 1 is 1.21 bits per heavy atom. The fraction of sp³-hybridized carbons (Fsp3) is 0.350. The van der Waals surface area contributed by atoms with Crippen LogP contribution in [-0.4, -0.2) is 43.2 Å². The van der Waals surface area contributed by atoms with Crippen LogP contribution in [0, 0.1) is 5.92 Å². The Bertz CT molecular complexity index is 920. The van der Waals surface area contributed by atoms with Gasteiger partial charge in [-0.1, -0.05) is 35.9 Å². The van der Waals surface area contributed by atoms with E-state index in [0.29, 0.717) is 48.3 Å². The highest BCUT2D eigenvalue weighted by Crippen LogP contribution is 2.27. The average molecular weight is 439 g/mol. The van der Waals surface area contributed by atoms with Gasteiger partial charge in [0.15, 0.2) is 0 Å². The molecule has 1 aliphatic heterocycles. The summed E-state index contributed by atoms with van der Waals surface area (Å²) in [6, 6.07) is 12.2. The molecule has 0 N–H and O–H groups in total. The summed E-state index contributed by atoms with van der Waals surface area (Å²) in [6.07, 6.45) is 2.75. The number of benzene rings is 1. The summed E-state index contributed by atoms with van der Waals surface area (Å²) in [5.74, 6) is -0.140. The number of thiophene rings is 1. The van der Waals surface area contributed by atoms with Crippen molar-refractivity contribution in [3.63, 3.8) is 0 Å². The van der Waals surface area contributed by atoms with Gasteiger partial charge in [-0.2, -0.15) is 4.31 Å². The molecule has 0 radical (unpaired) electrons. The van der Waals surface area contributed by atoms with Crippen molar-refractivity contribution in [3.8, 4) is 0 Å². The third-order valence-electron chi connectivity index (χ3n) is 4.82.